The average Bonchev–Trinajstić information content (AvgIpc) is 2.56. The summed E-state index contributed by atoms with van der Waals surface area (Å²) in [5, 5.41) is 2.84. The standard InChI is InChI=1S/C16H26N2O4/c1-6-10(2)15(17)16(19)18-9-11-7-13(21-4)14(22-5)8-12(11)20-3/h7-8,10,15H,6,9,17H2,1-5H3,(H,18,19). The molecule has 1 aromatic rings. The van der Waals surface area contributed by atoms with Crippen LogP contribution in [0, 0.1) is 5.92 Å². The van der Waals surface area contributed by atoms with Crippen molar-refractivity contribution in [2.45, 2.75) is 32.9 Å². The number of nitrogens with two attached hydrogens (primary N) is 1. The first-order chi connectivity index (χ1) is 10.5. The largest absolute Gasteiger partial charge is 0.496 e. The van der Waals surface area contributed by atoms with Crippen molar-refractivity contribution >= 4 is 5.91 Å². The van der Waals surface area contributed by atoms with E-state index in [1.165, 1.54) is 0 Å². The first-order valence-electron chi connectivity index (χ1n) is 7.30. The highest BCUT2D eigenvalue weighted by Crippen LogP contribution is 2.34. The van der Waals surface area contributed by atoms with Gasteiger partial charge in [0.2, 0.25) is 5.91 Å². The van der Waals surface area contributed by atoms with E-state index in [-0.39, 0.29) is 11.8 Å². The van der Waals surface area contributed by atoms with Gasteiger partial charge in [-0.25, -0.2) is 0 Å². The van der Waals surface area contributed by atoms with Gasteiger partial charge in [-0.1, -0.05) is 20.3 Å². The van der Waals surface area contributed by atoms with Crippen molar-refractivity contribution in [2.24, 2.45) is 11.7 Å². The molecule has 0 bridgehead atoms. The topological polar surface area (TPSA) is 82.8 Å². The Kier molecular flexibility index (Phi) is 6.98. The third-order valence-corrected chi connectivity index (χ3v) is 3.80. The van der Waals surface area contributed by atoms with E-state index in [0.29, 0.717) is 23.8 Å². The van der Waals surface area contributed by atoms with Crippen molar-refractivity contribution in [3.63, 3.8) is 0 Å². The number of hydrogen-bond acceptors (Lipinski definition) is 5. The number of ether oxygens (including phenoxy) is 3. The van der Waals surface area contributed by atoms with Crippen molar-refractivity contribution in [3.8, 4) is 17.2 Å². The zero-order valence-electron chi connectivity index (χ0n) is 13.9. The van der Waals surface area contributed by atoms with Gasteiger partial charge in [-0.2, -0.15) is 0 Å². The van der Waals surface area contributed by atoms with E-state index in [1.807, 2.05) is 13.8 Å². The molecule has 3 N–H and O–H groups in total. The van der Waals surface area contributed by atoms with Crippen LogP contribution >= 0.6 is 0 Å². The molecule has 0 aliphatic rings. The molecule has 22 heavy (non-hydrogen) atoms. The number of carbonyl (C=O) groups excluding carboxylic acids is 1. The van der Waals surface area contributed by atoms with Gasteiger partial charge in [0.05, 0.1) is 27.4 Å². The summed E-state index contributed by atoms with van der Waals surface area (Å²) in [7, 11) is 4.69. The van der Waals surface area contributed by atoms with E-state index in [0.717, 1.165) is 12.0 Å². The molecule has 2 atom stereocenters. The Morgan fingerprint density at radius 3 is 2.18 bits per heavy atom. The number of hydrogen-bond donors (Lipinski definition) is 2. The summed E-state index contributed by atoms with van der Waals surface area (Å²) in [6.45, 7) is 4.28. The summed E-state index contributed by atoms with van der Waals surface area (Å²) in [6.07, 6.45) is 0.855. The third-order valence-electron chi connectivity index (χ3n) is 3.80. The maximum atomic E-state index is 12.1. The lowest BCUT2D eigenvalue weighted by Crippen LogP contribution is -2.44. The second-order valence-corrected chi connectivity index (χ2v) is 5.15. The number of amides is 1. The fraction of sp³-hybridized carbons (Fsp3) is 0.562. The van der Waals surface area contributed by atoms with Gasteiger partial charge in [-0.15, -0.1) is 0 Å². The molecule has 1 rings (SSSR count). The van der Waals surface area contributed by atoms with Crippen LogP contribution in [-0.4, -0.2) is 33.3 Å². The van der Waals surface area contributed by atoms with Gasteiger partial charge in [0.25, 0.3) is 0 Å². The van der Waals surface area contributed by atoms with Crippen molar-refractivity contribution in [1.29, 1.82) is 0 Å². The van der Waals surface area contributed by atoms with Crippen molar-refractivity contribution in [2.75, 3.05) is 21.3 Å². The van der Waals surface area contributed by atoms with E-state index in [9.17, 15) is 4.79 Å². The predicted octanol–water partition coefficient (Wildman–Crippen LogP) is 1.70. The second-order valence-electron chi connectivity index (χ2n) is 5.15. The lowest BCUT2D eigenvalue weighted by molar-refractivity contribution is -0.123. The van der Waals surface area contributed by atoms with Gasteiger partial charge < -0.3 is 25.3 Å². The normalized spacial score (nSPS) is 13.2. The van der Waals surface area contributed by atoms with E-state index >= 15 is 0 Å². The molecule has 6 heteroatoms. The van der Waals surface area contributed by atoms with Gasteiger partial charge in [-0.3, -0.25) is 4.79 Å². The van der Waals surface area contributed by atoms with Crippen LogP contribution < -0.4 is 25.3 Å². The number of nitrogens with one attached hydrogen (secondary N) is 1. The fourth-order valence-electron chi connectivity index (χ4n) is 2.04. The first-order valence-corrected chi connectivity index (χ1v) is 7.30. The van der Waals surface area contributed by atoms with E-state index in [2.05, 4.69) is 5.32 Å². The molecule has 0 heterocycles. The monoisotopic (exact) mass is 310 g/mol. The third kappa shape index (κ3) is 4.27. The smallest absolute Gasteiger partial charge is 0.237 e. The van der Waals surface area contributed by atoms with Crippen molar-refractivity contribution < 1.29 is 19.0 Å². The molecule has 0 aliphatic heterocycles. The Morgan fingerprint density at radius 2 is 1.68 bits per heavy atom. The lowest BCUT2D eigenvalue weighted by Gasteiger charge is -2.19. The summed E-state index contributed by atoms with van der Waals surface area (Å²) in [5.74, 6) is 1.73. The van der Waals surface area contributed by atoms with Crippen LogP contribution in [0.4, 0.5) is 0 Å². The van der Waals surface area contributed by atoms with Crippen LogP contribution in [-0.2, 0) is 11.3 Å². The zero-order chi connectivity index (χ0) is 16.7. The Morgan fingerprint density at radius 1 is 1.14 bits per heavy atom. The highest BCUT2D eigenvalue weighted by Gasteiger charge is 2.20. The van der Waals surface area contributed by atoms with Crippen LogP contribution in [0.25, 0.3) is 0 Å². The number of carbonyl (C=O) groups is 1. The molecule has 0 fully saturated rings. The molecule has 0 aromatic heterocycles. The molecular formula is C16H26N2O4. The Hall–Kier alpha value is -1.95. The Labute approximate surface area is 131 Å². The Bertz CT molecular complexity index is 505. The molecular weight excluding hydrogens is 284 g/mol. The van der Waals surface area contributed by atoms with Crippen LogP contribution in [0.15, 0.2) is 12.1 Å². The molecule has 124 valence electrons. The fourth-order valence-corrected chi connectivity index (χ4v) is 2.04. The Balaban J connectivity index is 2.86. The van der Waals surface area contributed by atoms with Gasteiger partial charge in [0.1, 0.15) is 5.75 Å². The molecule has 1 amide bonds. The number of rotatable bonds is 8. The molecule has 0 aliphatic carbocycles. The SMILES string of the molecule is CCC(C)C(N)C(=O)NCc1cc(OC)c(OC)cc1OC. The highest BCUT2D eigenvalue weighted by molar-refractivity contribution is 5.81. The summed E-state index contributed by atoms with van der Waals surface area (Å²) < 4.78 is 15.8. The van der Waals surface area contributed by atoms with Gasteiger partial charge in [0.15, 0.2) is 11.5 Å². The lowest BCUT2D eigenvalue weighted by atomic mass is 9.99. The predicted molar refractivity (Wildman–Crippen MR) is 85.4 cm³/mol. The number of methoxy groups -OCH3 is 3. The summed E-state index contributed by atoms with van der Waals surface area (Å²) in [6, 6.07) is 3.00. The van der Waals surface area contributed by atoms with Gasteiger partial charge in [0, 0.05) is 18.2 Å². The van der Waals surface area contributed by atoms with E-state index in [1.54, 1.807) is 33.5 Å². The van der Waals surface area contributed by atoms with E-state index < -0.39 is 6.04 Å². The summed E-state index contributed by atoms with van der Waals surface area (Å²) >= 11 is 0. The molecule has 2 unspecified atom stereocenters. The zero-order valence-corrected chi connectivity index (χ0v) is 13.9. The molecule has 0 spiro atoms. The van der Waals surface area contributed by atoms with E-state index in [4.69, 9.17) is 19.9 Å². The minimum Gasteiger partial charge on any atom is -0.496 e. The van der Waals surface area contributed by atoms with Gasteiger partial charge in [-0.05, 0) is 12.0 Å². The highest BCUT2D eigenvalue weighted by atomic mass is 16.5. The molecule has 6 nitrogen and oxygen atoms in total. The average molecular weight is 310 g/mol. The maximum Gasteiger partial charge on any atom is 0.237 e. The minimum atomic E-state index is -0.517. The molecule has 0 saturated carbocycles. The molecule has 0 radical (unpaired) electrons. The quantitative estimate of drug-likeness (QED) is 0.763. The van der Waals surface area contributed by atoms with Crippen LogP contribution in [0.3, 0.4) is 0 Å². The van der Waals surface area contributed by atoms with Crippen molar-refractivity contribution in [3.05, 3.63) is 17.7 Å². The van der Waals surface area contributed by atoms with Crippen molar-refractivity contribution in [1.82, 2.24) is 5.32 Å². The van der Waals surface area contributed by atoms with Crippen LogP contribution in [0.2, 0.25) is 0 Å². The van der Waals surface area contributed by atoms with Crippen LogP contribution in [0.5, 0.6) is 17.2 Å². The maximum absolute atomic E-state index is 12.1. The number of benzene rings is 1. The molecule has 0 saturated heterocycles. The summed E-state index contributed by atoms with van der Waals surface area (Å²) in [5.41, 5.74) is 6.72. The van der Waals surface area contributed by atoms with Crippen LogP contribution in [0.1, 0.15) is 25.8 Å². The minimum absolute atomic E-state index is 0.132. The summed E-state index contributed by atoms with van der Waals surface area (Å²) in [4.78, 5) is 12.1. The first kappa shape index (κ1) is 18.1. The second kappa shape index (κ2) is 8.48. The molecule has 1 aromatic carbocycles. The van der Waals surface area contributed by atoms with Gasteiger partial charge >= 0.3 is 0 Å².